The predicted octanol–water partition coefficient (Wildman–Crippen LogP) is 2.65. The Morgan fingerprint density at radius 1 is 1.12 bits per heavy atom. The van der Waals surface area contributed by atoms with E-state index in [1.54, 1.807) is 12.7 Å². The van der Waals surface area contributed by atoms with Gasteiger partial charge in [0.2, 0.25) is 0 Å². The molecule has 1 saturated heterocycles. The van der Waals surface area contributed by atoms with Gasteiger partial charge in [-0.3, -0.25) is 0 Å². The van der Waals surface area contributed by atoms with Crippen LogP contribution in [0.2, 0.25) is 0 Å². The molecular weight excluding hydrogens is 210 g/mol. The lowest BCUT2D eigenvalue weighted by Gasteiger charge is -2.25. The van der Waals surface area contributed by atoms with Gasteiger partial charge in [0.1, 0.15) is 5.75 Å². The van der Waals surface area contributed by atoms with Crippen molar-refractivity contribution in [1.82, 2.24) is 5.32 Å². The molecule has 0 radical (unpaired) electrons. The highest BCUT2D eigenvalue weighted by atomic mass is 16.5. The van der Waals surface area contributed by atoms with E-state index in [1.807, 2.05) is 0 Å². The molecule has 2 heteroatoms. The summed E-state index contributed by atoms with van der Waals surface area (Å²) in [6, 6.07) is 4.72. The number of fused-ring (bicyclic) bond motifs is 1. The third-order valence-electron chi connectivity index (χ3n) is 4.22. The molecule has 17 heavy (non-hydrogen) atoms. The van der Waals surface area contributed by atoms with E-state index in [2.05, 4.69) is 17.4 Å². The summed E-state index contributed by atoms with van der Waals surface area (Å²) in [5, 5.41) is 3.43. The van der Waals surface area contributed by atoms with Crippen LogP contribution in [0.5, 0.6) is 5.75 Å². The second-order valence-electron chi connectivity index (χ2n) is 5.24. The Labute approximate surface area is 103 Å². The van der Waals surface area contributed by atoms with Gasteiger partial charge >= 0.3 is 0 Å². The standard InChI is InChI=1S/C15H21NO/c1-17-15-10-13-4-2-3-12(13)9-14(15)11-5-7-16-8-6-11/h9-11,16H,2-8H2,1H3. The molecule has 0 atom stereocenters. The van der Waals surface area contributed by atoms with E-state index in [4.69, 9.17) is 4.74 Å². The summed E-state index contributed by atoms with van der Waals surface area (Å²) in [6.45, 7) is 2.29. The van der Waals surface area contributed by atoms with Crippen LogP contribution in [0.15, 0.2) is 12.1 Å². The molecule has 0 spiro atoms. The number of aryl methyl sites for hydroxylation is 2. The molecule has 1 fully saturated rings. The van der Waals surface area contributed by atoms with Gasteiger partial charge in [0, 0.05) is 0 Å². The largest absolute Gasteiger partial charge is 0.496 e. The van der Waals surface area contributed by atoms with E-state index in [0.29, 0.717) is 5.92 Å². The van der Waals surface area contributed by atoms with Crippen molar-refractivity contribution in [3.05, 3.63) is 28.8 Å². The Kier molecular flexibility index (Phi) is 3.06. The molecule has 0 amide bonds. The van der Waals surface area contributed by atoms with Gasteiger partial charge in [0.15, 0.2) is 0 Å². The Morgan fingerprint density at radius 2 is 1.82 bits per heavy atom. The normalized spacial score (nSPS) is 20.3. The zero-order valence-electron chi connectivity index (χ0n) is 10.6. The molecule has 3 rings (SSSR count). The van der Waals surface area contributed by atoms with Crippen molar-refractivity contribution in [1.29, 1.82) is 0 Å². The Balaban J connectivity index is 1.96. The zero-order chi connectivity index (χ0) is 11.7. The minimum Gasteiger partial charge on any atom is -0.496 e. The van der Waals surface area contributed by atoms with Gasteiger partial charge in [-0.2, -0.15) is 0 Å². The molecule has 2 nitrogen and oxygen atoms in total. The van der Waals surface area contributed by atoms with Gasteiger partial charge in [-0.1, -0.05) is 6.07 Å². The average Bonchev–Trinajstić information content (AvgIpc) is 2.85. The maximum Gasteiger partial charge on any atom is 0.122 e. The zero-order valence-corrected chi connectivity index (χ0v) is 10.6. The van der Waals surface area contributed by atoms with Crippen LogP contribution in [0, 0.1) is 0 Å². The van der Waals surface area contributed by atoms with Gasteiger partial charge in [-0.05, 0) is 73.9 Å². The minimum atomic E-state index is 0.692. The van der Waals surface area contributed by atoms with E-state index < -0.39 is 0 Å². The van der Waals surface area contributed by atoms with Crippen LogP contribution in [0.1, 0.15) is 41.9 Å². The first-order valence-electron chi connectivity index (χ1n) is 6.79. The lowest BCUT2D eigenvalue weighted by Crippen LogP contribution is -2.26. The van der Waals surface area contributed by atoms with E-state index >= 15 is 0 Å². The number of rotatable bonds is 2. The van der Waals surface area contributed by atoms with Crippen LogP contribution in [0.3, 0.4) is 0 Å². The summed E-state index contributed by atoms with van der Waals surface area (Å²) >= 11 is 0. The topological polar surface area (TPSA) is 21.3 Å². The minimum absolute atomic E-state index is 0.692. The molecular formula is C15H21NO. The van der Waals surface area contributed by atoms with E-state index in [9.17, 15) is 0 Å². The first-order valence-corrected chi connectivity index (χ1v) is 6.79. The molecule has 1 aliphatic carbocycles. The number of ether oxygens (including phenoxy) is 1. The van der Waals surface area contributed by atoms with Gasteiger partial charge in [0.05, 0.1) is 7.11 Å². The van der Waals surface area contributed by atoms with E-state index in [1.165, 1.54) is 43.2 Å². The SMILES string of the molecule is COc1cc2c(cc1C1CCNCC1)CCC2. The van der Waals surface area contributed by atoms with E-state index in [0.717, 1.165) is 18.8 Å². The molecule has 92 valence electrons. The summed E-state index contributed by atoms with van der Waals surface area (Å²) in [5.74, 6) is 1.81. The molecule has 0 saturated carbocycles. The molecule has 1 N–H and O–H groups in total. The molecule has 0 unspecified atom stereocenters. The van der Waals surface area contributed by atoms with Crippen molar-refractivity contribution < 1.29 is 4.74 Å². The first-order chi connectivity index (χ1) is 8.38. The maximum atomic E-state index is 5.60. The van der Waals surface area contributed by atoms with Crippen LogP contribution in [-0.2, 0) is 12.8 Å². The number of nitrogens with one attached hydrogen (secondary N) is 1. The van der Waals surface area contributed by atoms with Gasteiger partial charge < -0.3 is 10.1 Å². The Bertz CT molecular complexity index is 408. The van der Waals surface area contributed by atoms with Crippen LogP contribution in [-0.4, -0.2) is 20.2 Å². The molecule has 1 heterocycles. The number of piperidine rings is 1. The highest BCUT2D eigenvalue weighted by molar-refractivity contribution is 5.46. The Morgan fingerprint density at radius 3 is 2.53 bits per heavy atom. The van der Waals surface area contributed by atoms with Gasteiger partial charge in [0.25, 0.3) is 0 Å². The summed E-state index contributed by atoms with van der Waals surface area (Å²) in [5.41, 5.74) is 4.54. The van der Waals surface area contributed by atoms with Gasteiger partial charge in [-0.15, -0.1) is 0 Å². The third kappa shape index (κ3) is 2.06. The fraction of sp³-hybridized carbons (Fsp3) is 0.600. The van der Waals surface area contributed by atoms with Crippen molar-refractivity contribution in [3.8, 4) is 5.75 Å². The summed E-state index contributed by atoms with van der Waals surface area (Å²) in [4.78, 5) is 0. The smallest absolute Gasteiger partial charge is 0.122 e. The molecule has 2 aliphatic rings. The van der Waals surface area contributed by atoms with Crippen molar-refractivity contribution in [3.63, 3.8) is 0 Å². The fourth-order valence-electron chi connectivity index (χ4n) is 3.25. The average molecular weight is 231 g/mol. The maximum absolute atomic E-state index is 5.60. The molecule has 1 aromatic rings. The van der Waals surface area contributed by atoms with Crippen LogP contribution < -0.4 is 10.1 Å². The van der Waals surface area contributed by atoms with E-state index in [-0.39, 0.29) is 0 Å². The molecule has 0 aromatic heterocycles. The number of hydrogen-bond acceptors (Lipinski definition) is 2. The highest BCUT2D eigenvalue weighted by Crippen LogP contribution is 2.37. The highest BCUT2D eigenvalue weighted by Gasteiger charge is 2.22. The van der Waals surface area contributed by atoms with Crippen molar-refractivity contribution >= 4 is 0 Å². The number of hydrogen-bond donors (Lipinski definition) is 1. The van der Waals surface area contributed by atoms with Crippen molar-refractivity contribution in [2.45, 2.75) is 38.0 Å². The molecule has 1 aliphatic heterocycles. The molecule has 1 aromatic carbocycles. The lowest BCUT2D eigenvalue weighted by atomic mass is 9.88. The summed E-state index contributed by atoms with van der Waals surface area (Å²) < 4.78 is 5.60. The second kappa shape index (κ2) is 4.69. The molecule has 0 bridgehead atoms. The Hall–Kier alpha value is -1.02. The monoisotopic (exact) mass is 231 g/mol. The summed E-state index contributed by atoms with van der Waals surface area (Å²) in [7, 11) is 1.81. The third-order valence-corrected chi connectivity index (χ3v) is 4.22. The lowest BCUT2D eigenvalue weighted by molar-refractivity contribution is 0.391. The van der Waals surface area contributed by atoms with Crippen molar-refractivity contribution in [2.24, 2.45) is 0 Å². The summed E-state index contributed by atoms with van der Waals surface area (Å²) in [6.07, 6.45) is 6.30. The van der Waals surface area contributed by atoms with Gasteiger partial charge in [-0.25, -0.2) is 0 Å². The second-order valence-corrected chi connectivity index (χ2v) is 5.24. The quantitative estimate of drug-likeness (QED) is 0.845. The van der Waals surface area contributed by atoms with Crippen LogP contribution in [0.25, 0.3) is 0 Å². The first kappa shape index (κ1) is 11.1. The fourth-order valence-corrected chi connectivity index (χ4v) is 3.25. The van der Waals surface area contributed by atoms with Crippen LogP contribution >= 0.6 is 0 Å². The predicted molar refractivity (Wildman–Crippen MR) is 69.9 cm³/mol. The van der Waals surface area contributed by atoms with Crippen molar-refractivity contribution in [2.75, 3.05) is 20.2 Å². The van der Waals surface area contributed by atoms with Crippen LogP contribution in [0.4, 0.5) is 0 Å². The number of methoxy groups -OCH3 is 1. The number of benzene rings is 1.